The van der Waals surface area contributed by atoms with E-state index >= 15 is 0 Å². The zero-order valence-electron chi connectivity index (χ0n) is 19.6. The predicted octanol–water partition coefficient (Wildman–Crippen LogP) is 3.83. The second-order valence-corrected chi connectivity index (χ2v) is 9.72. The first-order valence-electron chi connectivity index (χ1n) is 12.1. The number of likely N-dealkylation sites (tertiary alicyclic amines) is 1. The number of carbonyl (C=O) groups excluding carboxylic acids is 1. The van der Waals surface area contributed by atoms with Crippen molar-refractivity contribution in [3.63, 3.8) is 0 Å². The maximum absolute atomic E-state index is 12.7. The van der Waals surface area contributed by atoms with E-state index in [4.69, 9.17) is 0 Å². The van der Waals surface area contributed by atoms with E-state index < -0.39 is 12.0 Å². The monoisotopic (exact) mass is 482 g/mol. The lowest BCUT2D eigenvalue weighted by Gasteiger charge is -2.44. The van der Waals surface area contributed by atoms with Gasteiger partial charge in [-0.2, -0.15) is 0 Å². The number of aliphatic carboxylic acids is 1. The molecule has 2 aromatic heterocycles. The predicted molar refractivity (Wildman–Crippen MR) is 136 cm³/mol. The van der Waals surface area contributed by atoms with Crippen LogP contribution in [0.2, 0.25) is 0 Å². The van der Waals surface area contributed by atoms with Crippen molar-refractivity contribution in [1.82, 2.24) is 14.5 Å². The molecule has 182 valence electrons. The van der Waals surface area contributed by atoms with Crippen LogP contribution in [0.1, 0.15) is 40.0 Å². The van der Waals surface area contributed by atoms with Crippen LogP contribution in [-0.4, -0.2) is 44.5 Å². The molecule has 1 saturated heterocycles. The molecule has 1 amide bonds. The van der Waals surface area contributed by atoms with Gasteiger partial charge in [0.2, 0.25) is 0 Å². The zero-order chi connectivity index (χ0) is 24.8. The molecule has 4 heterocycles. The second-order valence-electron chi connectivity index (χ2n) is 9.72. The summed E-state index contributed by atoms with van der Waals surface area (Å²) >= 11 is 0. The first kappa shape index (κ1) is 22.3. The summed E-state index contributed by atoms with van der Waals surface area (Å²) in [4.78, 5) is 42.9. The summed E-state index contributed by atoms with van der Waals surface area (Å²) in [5, 5.41) is 14.0. The molecule has 8 heteroatoms. The number of rotatable bonds is 5. The van der Waals surface area contributed by atoms with Crippen LogP contribution in [-0.2, 0) is 11.3 Å². The Morgan fingerprint density at radius 1 is 1.00 bits per heavy atom. The van der Waals surface area contributed by atoms with E-state index in [0.717, 1.165) is 23.0 Å². The van der Waals surface area contributed by atoms with Crippen molar-refractivity contribution in [2.75, 3.05) is 18.4 Å². The Labute approximate surface area is 207 Å². The van der Waals surface area contributed by atoms with Crippen molar-refractivity contribution < 1.29 is 14.7 Å². The third kappa shape index (κ3) is 3.89. The normalized spacial score (nSPS) is 20.0. The summed E-state index contributed by atoms with van der Waals surface area (Å²) in [5.74, 6) is -0.817. The molecule has 2 bridgehead atoms. The molecular weight excluding hydrogens is 456 g/mol. The molecule has 2 aromatic carbocycles. The number of aromatic nitrogens is 2. The quantitative estimate of drug-likeness (QED) is 0.401. The van der Waals surface area contributed by atoms with Gasteiger partial charge in [0.25, 0.3) is 11.5 Å². The van der Waals surface area contributed by atoms with Crippen molar-refractivity contribution in [3.8, 4) is 0 Å². The van der Waals surface area contributed by atoms with Crippen LogP contribution in [0.15, 0.2) is 77.7 Å². The minimum absolute atomic E-state index is 0.00661. The lowest BCUT2D eigenvalue weighted by atomic mass is 9.82. The number of benzene rings is 2. The summed E-state index contributed by atoms with van der Waals surface area (Å²) in [6.45, 7) is 1.78. The Balaban J connectivity index is 1.32. The maximum atomic E-state index is 12.7. The topological polar surface area (TPSA) is 107 Å². The largest absolute Gasteiger partial charge is 0.480 e. The molecule has 0 radical (unpaired) electrons. The van der Waals surface area contributed by atoms with E-state index in [9.17, 15) is 19.5 Å². The number of nitrogens with zero attached hydrogens (tertiary/aromatic N) is 2. The van der Waals surface area contributed by atoms with Gasteiger partial charge in [0, 0.05) is 71.2 Å². The molecule has 3 atom stereocenters. The standard InChI is InChI=1S/C28H26N4O4/c33-25-8-4-7-24-19-11-17(15-32(24)25)14-31(16-19)26(28(35)36)22-13-29-23-10-9-20(12-21(22)23)30-27(34)18-5-2-1-3-6-18/h1-10,12-13,17,19,26,29H,11,14-16H2,(H,30,34)(H,35,36). The number of carbonyl (C=O) groups is 2. The van der Waals surface area contributed by atoms with E-state index in [0.29, 0.717) is 36.4 Å². The average Bonchev–Trinajstić information content (AvgIpc) is 3.28. The number of carboxylic acids is 1. The van der Waals surface area contributed by atoms with Gasteiger partial charge >= 0.3 is 5.97 Å². The molecule has 1 fully saturated rings. The van der Waals surface area contributed by atoms with Crippen molar-refractivity contribution >= 4 is 28.5 Å². The van der Waals surface area contributed by atoms with Crippen molar-refractivity contribution in [2.45, 2.75) is 24.9 Å². The van der Waals surface area contributed by atoms with Gasteiger partial charge in [-0.1, -0.05) is 24.3 Å². The van der Waals surface area contributed by atoms with Crippen molar-refractivity contribution in [1.29, 1.82) is 0 Å². The molecule has 8 nitrogen and oxygen atoms in total. The molecule has 0 spiro atoms. The SMILES string of the molecule is O=C(Nc1ccc2[nH]cc(C(C(=O)O)N3CC4CC(C3)c3cccc(=O)n3C4)c2c1)c1ccccc1. The second kappa shape index (κ2) is 8.80. The van der Waals surface area contributed by atoms with Crippen LogP contribution in [0.5, 0.6) is 0 Å². The van der Waals surface area contributed by atoms with Crippen LogP contribution in [0.25, 0.3) is 10.9 Å². The molecule has 36 heavy (non-hydrogen) atoms. The highest BCUT2D eigenvalue weighted by Gasteiger charge is 2.40. The number of amides is 1. The van der Waals surface area contributed by atoms with Gasteiger partial charge in [-0.15, -0.1) is 0 Å². The molecular formula is C28H26N4O4. The van der Waals surface area contributed by atoms with Crippen LogP contribution in [0.4, 0.5) is 5.69 Å². The van der Waals surface area contributed by atoms with Gasteiger partial charge < -0.3 is 20.0 Å². The summed E-state index contributed by atoms with van der Waals surface area (Å²) in [6.07, 6.45) is 2.71. The first-order chi connectivity index (χ1) is 17.5. The number of anilines is 1. The van der Waals surface area contributed by atoms with Gasteiger partial charge in [-0.05, 0) is 48.7 Å². The molecule has 4 aromatic rings. The summed E-state index contributed by atoms with van der Waals surface area (Å²) in [6, 6.07) is 19.0. The van der Waals surface area contributed by atoms with E-state index in [2.05, 4.69) is 10.3 Å². The van der Waals surface area contributed by atoms with Crippen molar-refractivity contribution in [2.24, 2.45) is 5.92 Å². The van der Waals surface area contributed by atoms with Gasteiger partial charge in [-0.3, -0.25) is 19.3 Å². The number of piperidine rings is 1. The number of carboxylic acid groups (broad SMARTS) is 1. The number of fused-ring (bicyclic) bond motifs is 5. The lowest BCUT2D eigenvalue weighted by Crippen LogP contribution is -2.49. The van der Waals surface area contributed by atoms with Crippen LogP contribution in [0, 0.1) is 5.92 Å². The molecule has 2 aliphatic heterocycles. The smallest absolute Gasteiger partial charge is 0.325 e. The zero-order valence-corrected chi connectivity index (χ0v) is 19.6. The molecule has 6 rings (SSSR count). The Hall–Kier alpha value is -4.17. The van der Waals surface area contributed by atoms with E-state index in [1.807, 2.05) is 45.9 Å². The van der Waals surface area contributed by atoms with Crippen LogP contribution < -0.4 is 10.9 Å². The van der Waals surface area contributed by atoms with E-state index in [1.165, 1.54) is 0 Å². The Kier molecular flexibility index (Phi) is 5.45. The van der Waals surface area contributed by atoms with E-state index in [1.54, 1.807) is 36.5 Å². The molecule has 3 N–H and O–H groups in total. The van der Waals surface area contributed by atoms with Crippen molar-refractivity contribution in [3.05, 3.63) is 100 Å². The first-order valence-corrected chi connectivity index (χ1v) is 12.1. The minimum atomic E-state index is -0.917. The Morgan fingerprint density at radius 2 is 1.83 bits per heavy atom. The van der Waals surface area contributed by atoms with E-state index in [-0.39, 0.29) is 23.3 Å². The average molecular weight is 483 g/mol. The Morgan fingerprint density at radius 3 is 2.64 bits per heavy atom. The fourth-order valence-corrected chi connectivity index (χ4v) is 5.87. The number of aromatic amines is 1. The minimum Gasteiger partial charge on any atom is -0.480 e. The summed E-state index contributed by atoms with van der Waals surface area (Å²) in [7, 11) is 0. The van der Waals surface area contributed by atoms with Crippen LogP contribution in [0.3, 0.4) is 0 Å². The summed E-state index contributed by atoms with van der Waals surface area (Å²) in [5.41, 5.74) is 3.62. The highest BCUT2D eigenvalue weighted by Crippen LogP contribution is 2.40. The van der Waals surface area contributed by atoms with Gasteiger partial charge in [0.15, 0.2) is 0 Å². The van der Waals surface area contributed by atoms with Gasteiger partial charge in [-0.25, -0.2) is 0 Å². The number of hydrogen-bond acceptors (Lipinski definition) is 4. The highest BCUT2D eigenvalue weighted by molar-refractivity contribution is 6.05. The van der Waals surface area contributed by atoms with Gasteiger partial charge in [0.05, 0.1) is 0 Å². The highest BCUT2D eigenvalue weighted by atomic mass is 16.4. The number of nitrogens with one attached hydrogen (secondary N) is 2. The number of hydrogen-bond donors (Lipinski definition) is 3. The molecule has 3 unspecified atom stereocenters. The third-order valence-corrected chi connectivity index (χ3v) is 7.41. The Bertz CT molecular complexity index is 1520. The number of H-pyrrole nitrogens is 1. The maximum Gasteiger partial charge on any atom is 0.325 e. The number of pyridine rings is 1. The molecule has 0 saturated carbocycles. The van der Waals surface area contributed by atoms with Crippen LogP contribution >= 0.6 is 0 Å². The third-order valence-electron chi connectivity index (χ3n) is 7.41. The summed E-state index contributed by atoms with van der Waals surface area (Å²) < 4.78 is 1.85. The lowest BCUT2D eigenvalue weighted by molar-refractivity contribution is -0.144. The molecule has 2 aliphatic rings. The fourth-order valence-electron chi connectivity index (χ4n) is 5.87. The molecule has 0 aliphatic carbocycles. The fraction of sp³-hybridized carbons (Fsp3) is 0.250. The van der Waals surface area contributed by atoms with Gasteiger partial charge in [0.1, 0.15) is 6.04 Å².